The summed E-state index contributed by atoms with van der Waals surface area (Å²) in [4.78, 5) is 28.9. The minimum Gasteiger partial charge on any atom is -0.461 e. The molecular weight excluding hydrogens is 406 g/mol. The maximum absolute atomic E-state index is 12.8. The Kier molecular flexibility index (Phi) is 6.03. The summed E-state index contributed by atoms with van der Waals surface area (Å²) in [7, 11) is -3.48. The maximum Gasteiger partial charge on any atom is 0.253 e. The topological polar surface area (TPSA) is 91.1 Å². The van der Waals surface area contributed by atoms with Gasteiger partial charge in [0, 0.05) is 44.8 Å². The number of nitrogens with zero attached hydrogens (tertiary/aromatic N) is 3. The molecule has 0 radical (unpaired) electrons. The lowest BCUT2D eigenvalue weighted by atomic mass is 10.1. The fourth-order valence-electron chi connectivity index (χ4n) is 3.86. The maximum atomic E-state index is 12.8. The van der Waals surface area contributed by atoms with Gasteiger partial charge in [0.2, 0.25) is 15.8 Å². The minimum atomic E-state index is -3.48. The third kappa shape index (κ3) is 4.33. The van der Waals surface area contributed by atoms with Crippen molar-refractivity contribution in [2.45, 2.75) is 17.7 Å². The second-order valence-corrected chi connectivity index (χ2v) is 9.54. The minimum absolute atomic E-state index is 0.0745. The molecule has 0 N–H and O–H groups in total. The van der Waals surface area contributed by atoms with Crippen molar-refractivity contribution >= 4 is 21.7 Å². The van der Waals surface area contributed by atoms with Crippen molar-refractivity contribution < 1.29 is 22.4 Å². The molecule has 0 spiro atoms. The zero-order valence-electron chi connectivity index (χ0n) is 16.7. The van der Waals surface area contributed by atoms with E-state index in [9.17, 15) is 18.0 Å². The lowest BCUT2D eigenvalue weighted by Gasteiger charge is -2.34. The number of ketones is 1. The zero-order chi connectivity index (χ0) is 21.1. The number of amides is 1. The fourth-order valence-corrected chi connectivity index (χ4v) is 5.37. The molecule has 30 heavy (non-hydrogen) atoms. The third-order valence-corrected chi connectivity index (χ3v) is 7.54. The summed E-state index contributed by atoms with van der Waals surface area (Å²) < 4.78 is 31.9. The molecule has 2 aliphatic heterocycles. The van der Waals surface area contributed by atoms with E-state index >= 15 is 0 Å². The molecule has 8 nitrogen and oxygen atoms in total. The second-order valence-electron chi connectivity index (χ2n) is 7.60. The Morgan fingerprint density at radius 1 is 0.900 bits per heavy atom. The van der Waals surface area contributed by atoms with E-state index in [1.54, 1.807) is 29.2 Å². The standard InChI is InChI=1S/C21H25N3O5S/c25-19(20-4-3-15-29-20)16-22-11-13-23(14-12-22)21(26)17-5-7-18(8-6-17)30(27,28)24-9-1-2-10-24/h3-8,15H,1-2,9-14,16H2. The van der Waals surface area contributed by atoms with Crippen molar-refractivity contribution in [3.8, 4) is 0 Å². The number of carbonyl (C=O) groups excluding carboxylic acids is 2. The predicted octanol–water partition coefficient (Wildman–Crippen LogP) is 1.70. The molecule has 9 heteroatoms. The van der Waals surface area contributed by atoms with Gasteiger partial charge in [0.25, 0.3) is 5.91 Å². The molecule has 2 aromatic rings. The molecule has 160 valence electrons. The number of Topliss-reactive ketones (excluding diaryl/α,β-unsaturated/α-hetero) is 1. The van der Waals surface area contributed by atoms with E-state index in [1.807, 2.05) is 4.90 Å². The summed E-state index contributed by atoms with van der Waals surface area (Å²) in [5, 5.41) is 0. The van der Waals surface area contributed by atoms with Crippen LogP contribution in [0.1, 0.15) is 33.8 Å². The van der Waals surface area contributed by atoms with E-state index in [1.165, 1.54) is 22.7 Å². The van der Waals surface area contributed by atoms with Crippen LogP contribution in [0.5, 0.6) is 0 Å². The summed E-state index contributed by atoms with van der Waals surface area (Å²) in [6, 6.07) is 9.52. The Morgan fingerprint density at radius 3 is 2.17 bits per heavy atom. The molecule has 0 aliphatic carbocycles. The summed E-state index contributed by atoms with van der Waals surface area (Å²) >= 11 is 0. The van der Waals surface area contributed by atoms with Gasteiger partial charge in [-0.3, -0.25) is 14.5 Å². The van der Waals surface area contributed by atoms with Crippen LogP contribution in [0.25, 0.3) is 0 Å². The molecule has 0 saturated carbocycles. The lowest BCUT2D eigenvalue weighted by Crippen LogP contribution is -2.49. The first-order valence-electron chi connectivity index (χ1n) is 10.1. The highest BCUT2D eigenvalue weighted by Gasteiger charge is 2.28. The molecule has 2 fully saturated rings. The van der Waals surface area contributed by atoms with Crippen molar-refractivity contribution in [1.82, 2.24) is 14.1 Å². The summed E-state index contributed by atoms with van der Waals surface area (Å²) in [5.74, 6) is 0.143. The first-order chi connectivity index (χ1) is 14.4. The van der Waals surface area contributed by atoms with Crippen LogP contribution in [-0.4, -0.2) is 80.0 Å². The van der Waals surface area contributed by atoms with Crippen LogP contribution < -0.4 is 0 Å². The zero-order valence-corrected chi connectivity index (χ0v) is 17.5. The molecule has 2 aliphatic rings. The van der Waals surface area contributed by atoms with Gasteiger partial charge in [0.05, 0.1) is 17.7 Å². The van der Waals surface area contributed by atoms with Gasteiger partial charge in [0.1, 0.15) is 0 Å². The van der Waals surface area contributed by atoms with Crippen LogP contribution in [0.4, 0.5) is 0 Å². The number of benzene rings is 1. The van der Waals surface area contributed by atoms with Gasteiger partial charge in [-0.2, -0.15) is 4.31 Å². The quantitative estimate of drug-likeness (QED) is 0.647. The molecule has 0 bridgehead atoms. The van der Waals surface area contributed by atoms with Crippen molar-refractivity contribution in [1.29, 1.82) is 0 Å². The fraction of sp³-hybridized carbons (Fsp3) is 0.429. The van der Waals surface area contributed by atoms with Gasteiger partial charge >= 0.3 is 0 Å². The average Bonchev–Trinajstić information content (AvgIpc) is 3.48. The molecule has 0 unspecified atom stereocenters. The Morgan fingerprint density at radius 2 is 1.57 bits per heavy atom. The normalized spacial score (nSPS) is 18.6. The second kappa shape index (κ2) is 8.71. The third-order valence-electron chi connectivity index (χ3n) is 5.63. The van der Waals surface area contributed by atoms with Gasteiger partial charge in [-0.15, -0.1) is 0 Å². The SMILES string of the molecule is O=C(CN1CCN(C(=O)c2ccc(S(=O)(=O)N3CCCC3)cc2)CC1)c1ccco1. The summed E-state index contributed by atoms with van der Waals surface area (Å²) in [5.41, 5.74) is 0.468. The Hall–Kier alpha value is -2.49. The highest BCUT2D eigenvalue weighted by Crippen LogP contribution is 2.21. The van der Waals surface area contributed by atoms with E-state index in [0.29, 0.717) is 50.6 Å². The van der Waals surface area contributed by atoms with Crippen molar-refractivity contribution in [2.24, 2.45) is 0 Å². The van der Waals surface area contributed by atoms with Crippen LogP contribution in [0.3, 0.4) is 0 Å². The first kappa shape index (κ1) is 20.8. The van der Waals surface area contributed by atoms with Gasteiger partial charge in [-0.05, 0) is 49.2 Å². The number of piperazine rings is 1. The van der Waals surface area contributed by atoms with Gasteiger partial charge in [0.15, 0.2) is 5.76 Å². The van der Waals surface area contributed by atoms with Crippen molar-refractivity contribution in [3.63, 3.8) is 0 Å². The number of carbonyl (C=O) groups is 2. The Bertz CT molecular complexity index is 988. The van der Waals surface area contributed by atoms with Crippen LogP contribution in [0, 0.1) is 0 Å². The molecule has 2 saturated heterocycles. The Labute approximate surface area is 176 Å². The predicted molar refractivity (Wildman–Crippen MR) is 110 cm³/mol. The molecule has 4 rings (SSSR count). The molecular formula is C21H25N3O5S. The number of rotatable bonds is 6. The van der Waals surface area contributed by atoms with Crippen molar-refractivity contribution in [3.05, 3.63) is 54.0 Å². The summed E-state index contributed by atoms with van der Waals surface area (Å²) in [6.45, 7) is 3.58. The molecule has 0 atom stereocenters. The summed E-state index contributed by atoms with van der Waals surface area (Å²) in [6.07, 6.45) is 3.25. The molecule has 1 aromatic carbocycles. The van der Waals surface area contributed by atoms with E-state index in [2.05, 4.69) is 0 Å². The lowest BCUT2D eigenvalue weighted by molar-refractivity contribution is 0.0620. The smallest absolute Gasteiger partial charge is 0.253 e. The number of hydrogen-bond acceptors (Lipinski definition) is 6. The molecule has 1 aromatic heterocycles. The van der Waals surface area contributed by atoms with E-state index in [4.69, 9.17) is 4.42 Å². The van der Waals surface area contributed by atoms with Crippen LogP contribution >= 0.6 is 0 Å². The molecule has 1 amide bonds. The Balaban J connectivity index is 1.33. The van der Waals surface area contributed by atoms with E-state index < -0.39 is 10.0 Å². The molecule has 3 heterocycles. The first-order valence-corrected chi connectivity index (χ1v) is 11.6. The highest BCUT2D eigenvalue weighted by atomic mass is 32.2. The van der Waals surface area contributed by atoms with Crippen LogP contribution in [0.2, 0.25) is 0 Å². The van der Waals surface area contributed by atoms with Gasteiger partial charge in [-0.1, -0.05) is 0 Å². The number of sulfonamides is 1. The highest BCUT2D eigenvalue weighted by molar-refractivity contribution is 7.89. The largest absolute Gasteiger partial charge is 0.461 e. The van der Waals surface area contributed by atoms with Crippen LogP contribution in [-0.2, 0) is 10.0 Å². The monoisotopic (exact) mass is 431 g/mol. The average molecular weight is 432 g/mol. The number of hydrogen-bond donors (Lipinski definition) is 0. The van der Waals surface area contributed by atoms with Crippen molar-refractivity contribution in [2.75, 3.05) is 45.8 Å². The van der Waals surface area contributed by atoms with Crippen LogP contribution in [0.15, 0.2) is 52.0 Å². The number of furan rings is 1. The van der Waals surface area contributed by atoms with Gasteiger partial charge < -0.3 is 9.32 Å². The van der Waals surface area contributed by atoms with E-state index in [-0.39, 0.29) is 23.1 Å². The van der Waals surface area contributed by atoms with Gasteiger partial charge in [-0.25, -0.2) is 8.42 Å². The van der Waals surface area contributed by atoms with E-state index in [0.717, 1.165) is 12.8 Å².